The molecule has 0 aromatic carbocycles. The molecule has 0 bridgehead atoms. The molecule has 0 aliphatic rings. The molecule has 2 aromatic rings. The summed E-state index contributed by atoms with van der Waals surface area (Å²) in [5.41, 5.74) is 5.31. The molecule has 0 fully saturated rings. The van der Waals surface area contributed by atoms with Crippen LogP contribution in [-0.2, 0) is 24.8 Å². The van der Waals surface area contributed by atoms with Gasteiger partial charge in [-0.25, -0.2) is 0 Å². The van der Waals surface area contributed by atoms with E-state index in [1.807, 2.05) is 32.5 Å². The van der Waals surface area contributed by atoms with Gasteiger partial charge in [-0.15, -0.1) is 0 Å². The van der Waals surface area contributed by atoms with Crippen molar-refractivity contribution in [1.82, 2.24) is 25.3 Å². The maximum atomic E-state index is 11.9. The zero-order valence-electron chi connectivity index (χ0n) is 12.4. The second-order valence-electron chi connectivity index (χ2n) is 5.07. The molecule has 0 saturated carbocycles. The molecule has 1 amide bonds. The van der Waals surface area contributed by atoms with Crippen molar-refractivity contribution >= 4 is 5.91 Å². The van der Waals surface area contributed by atoms with E-state index in [0.29, 0.717) is 13.0 Å². The minimum absolute atomic E-state index is 0.0493. The first kappa shape index (κ1) is 14.3. The smallest absolute Gasteiger partial charge is 0.220 e. The molecule has 0 radical (unpaired) electrons. The summed E-state index contributed by atoms with van der Waals surface area (Å²) in [5.74, 6) is 0.0493. The number of hydrogen-bond donors (Lipinski definition) is 2. The van der Waals surface area contributed by atoms with Crippen LogP contribution in [0.25, 0.3) is 0 Å². The van der Waals surface area contributed by atoms with Crippen molar-refractivity contribution in [2.45, 2.75) is 40.2 Å². The topological polar surface area (TPSA) is 75.6 Å². The van der Waals surface area contributed by atoms with Gasteiger partial charge in [-0.2, -0.15) is 10.2 Å². The molecule has 0 saturated heterocycles. The molecule has 0 atom stereocenters. The third kappa shape index (κ3) is 3.07. The number of nitrogens with zero attached hydrogens (tertiary/aromatic N) is 3. The number of H-pyrrole nitrogens is 1. The Bertz CT molecular complexity index is 611. The van der Waals surface area contributed by atoms with Crippen LogP contribution in [0.1, 0.15) is 34.6 Å². The van der Waals surface area contributed by atoms with Gasteiger partial charge in [-0.1, -0.05) is 0 Å². The first-order valence-electron chi connectivity index (χ1n) is 6.73. The van der Waals surface area contributed by atoms with Crippen LogP contribution in [0.5, 0.6) is 0 Å². The normalized spacial score (nSPS) is 10.8. The number of rotatable bonds is 5. The van der Waals surface area contributed by atoms with Gasteiger partial charge in [0, 0.05) is 37.0 Å². The predicted octanol–water partition coefficient (Wildman–Crippen LogP) is 1.32. The molecule has 2 heterocycles. The molecule has 0 spiro atoms. The van der Waals surface area contributed by atoms with E-state index in [0.717, 1.165) is 29.1 Å². The quantitative estimate of drug-likeness (QED) is 0.864. The molecule has 0 aliphatic carbocycles. The highest BCUT2D eigenvalue weighted by atomic mass is 16.1. The zero-order chi connectivity index (χ0) is 14.7. The van der Waals surface area contributed by atoms with E-state index in [2.05, 4.69) is 20.6 Å². The van der Waals surface area contributed by atoms with Crippen molar-refractivity contribution in [1.29, 1.82) is 0 Å². The minimum atomic E-state index is 0.0493. The standard InChI is InChI=1S/C14H21N5O/c1-9-12(8-16-17-9)7-15-14(20)6-5-13-10(2)18-19(4)11(13)3/h8H,5-7H2,1-4H3,(H,15,20)(H,16,17). The first-order chi connectivity index (χ1) is 9.49. The van der Waals surface area contributed by atoms with Crippen LogP contribution in [0, 0.1) is 20.8 Å². The highest BCUT2D eigenvalue weighted by Crippen LogP contribution is 2.14. The lowest BCUT2D eigenvalue weighted by atomic mass is 10.1. The van der Waals surface area contributed by atoms with Crippen LogP contribution in [0.4, 0.5) is 0 Å². The molecular formula is C14H21N5O. The maximum absolute atomic E-state index is 11.9. The molecule has 6 nitrogen and oxygen atoms in total. The van der Waals surface area contributed by atoms with E-state index >= 15 is 0 Å². The van der Waals surface area contributed by atoms with Crippen molar-refractivity contribution < 1.29 is 4.79 Å². The summed E-state index contributed by atoms with van der Waals surface area (Å²) in [4.78, 5) is 11.9. The predicted molar refractivity (Wildman–Crippen MR) is 76.2 cm³/mol. The van der Waals surface area contributed by atoms with Gasteiger partial charge in [0.2, 0.25) is 5.91 Å². The lowest BCUT2D eigenvalue weighted by molar-refractivity contribution is -0.121. The Balaban J connectivity index is 1.85. The van der Waals surface area contributed by atoms with Gasteiger partial charge < -0.3 is 5.32 Å². The van der Waals surface area contributed by atoms with Crippen LogP contribution < -0.4 is 5.32 Å². The second-order valence-corrected chi connectivity index (χ2v) is 5.07. The highest BCUT2D eigenvalue weighted by molar-refractivity contribution is 5.76. The molecule has 0 aliphatic heterocycles. The molecule has 108 valence electrons. The number of carbonyl (C=O) groups is 1. The van der Waals surface area contributed by atoms with Gasteiger partial charge in [0.1, 0.15) is 0 Å². The van der Waals surface area contributed by atoms with Crippen molar-refractivity contribution in [2.75, 3.05) is 0 Å². The molecule has 0 unspecified atom stereocenters. The number of carbonyl (C=O) groups excluding carboxylic acids is 1. The molecule has 2 aromatic heterocycles. The summed E-state index contributed by atoms with van der Waals surface area (Å²) in [6.45, 7) is 6.47. The SMILES string of the molecule is Cc1nn(C)c(C)c1CCC(=O)NCc1cn[nH]c1C. The van der Waals surface area contributed by atoms with E-state index in [1.54, 1.807) is 6.20 Å². The number of aryl methyl sites for hydroxylation is 3. The van der Waals surface area contributed by atoms with Gasteiger partial charge in [-0.3, -0.25) is 14.6 Å². The number of amides is 1. The Kier molecular flexibility index (Phi) is 4.22. The van der Waals surface area contributed by atoms with Crippen molar-refractivity contribution in [3.05, 3.63) is 34.4 Å². The minimum Gasteiger partial charge on any atom is -0.352 e. The molecule has 2 rings (SSSR count). The van der Waals surface area contributed by atoms with Crippen LogP contribution in [0.2, 0.25) is 0 Å². The van der Waals surface area contributed by atoms with Gasteiger partial charge >= 0.3 is 0 Å². The highest BCUT2D eigenvalue weighted by Gasteiger charge is 2.11. The zero-order valence-corrected chi connectivity index (χ0v) is 12.4. The van der Waals surface area contributed by atoms with Gasteiger partial charge in [0.05, 0.1) is 11.9 Å². The fourth-order valence-corrected chi connectivity index (χ4v) is 2.25. The summed E-state index contributed by atoms with van der Waals surface area (Å²) in [7, 11) is 1.92. The first-order valence-corrected chi connectivity index (χ1v) is 6.73. The summed E-state index contributed by atoms with van der Waals surface area (Å²) >= 11 is 0. The Morgan fingerprint density at radius 2 is 2.15 bits per heavy atom. The van der Waals surface area contributed by atoms with Crippen LogP contribution >= 0.6 is 0 Å². The van der Waals surface area contributed by atoms with E-state index in [4.69, 9.17) is 0 Å². The number of aromatic amines is 1. The third-order valence-electron chi connectivity index (χ3n) is 3.67. The average molecular weight is 275 g/mol. The number of nitrogens with one attached hydrogen (secondary N) is 2. The summed E-state index contributed by atoms with van der Waals surface area (Å²) < 4.78 is 1.86. The van der Waals surface area contributed by atoms with Crippen molar-refractivity contribution in [3.63, 3.8) is 0 Å². The molecule has 2 N–H and O–H groups in total. The lowest BCUT2D eigenvalue weighted by Gasteiger charge is -2.05. The lowest BCUT2D eigenvalue weighted by Crippen LogP contribution is -2.23. The molecule has 20 heavy (non-hydrogen) atoms. The monoisotopic (exact) mass is 275 g/mol. The molecule has 6 heteroatoms. The van der Waals surface area contributed by atoms with Gasteiger partial charge in [-0.05, 0) is 32.8 Å². The van der Waals surface area contributed by atoms with E-state index < -0.39 is 0 Å². The van der Waals surface area contributed by atoms with E-state index in [9.17, 15) is 4.79 Å². The summed E-state index contributed by atoms with van der Waals surface area (Å²) in [6.07, 6.45) is 2.94. The van der Waals surface area contributed by atoms with Gasteiger partial charge in [0.25, 0.3) is 0 Å². The summed E-state index contributed by atoms with van der Waals surface area (Å²) in [5, 5.41) is 14.1. The summed E-state index contributed by atoms with van der Waals surface area (Å²) in [6, 6.07) is 0. The average Bonchev–Trinajstić information content (AvgIpc) is 2.91. The Labute approximate surface area is 118 Å². The maximum Gasteiger partial charge on any atom is 0.220 e. The van der Waals surface area contributed by atoms with Crippen molar-refractivity contribution in [2.24, 2.45) is 7.05 Å². The van der Waals surface area contributed by atoms with Crippen LogP contribution in [0.15, 0.2) is 6.20 Å². The van der Waals surface area contributed by atoms with E-state index in [1.165, 1.54) is 5.56 Å². The fourth-order valence-electron chi connectivity index (χ4n) is 2.25. The third-order valence-corrected chi connectivity index (χ3v) is 3.67. The second kappa shape index (κ2) is 5.90. The largest absolute Gasteiger partial charge is 0.352 e. The van der Waals surface area contributed by atoms with Crippen molar-refractivity contribution in [3.8, 4) is 0 Å². The fraction of sp³-hybridized carbons (Fsp3) is 0.500. The Hall–Kier alpha value is -2.11. The Morgan fingerprint density at radius 3 is 2.70 bits per heavy atom. The van der Waals surface area contributed by atoms with Crippen LogP contribution in [-0.4, -0.2) is 25.9 Å². The number of aromatic nitrogens is 4. The Morgan fingerprint density at radius 1 is 1.40 bits per heavy atom. The van der Waals surface area contributed by atoms with Gasteiger partial charge in [0.15, 0.2) is 0 Å². The van der Waals surface area contributed by atoms with Crippen LogP contribution in [0.3, 0.4) is 0 Å². The number of hydrogen-bond acceptors (Lipinski definition) is 3. The van der Waals surface area contributed by atoms with E-state index in [-0.39, 0.29) is 5.91 Å². The molecular weight excluding hydrogens is 254 g/mol.